The summed E-state index contributed by atoms with van der Waals surface area (Å²) in [7, 11) is 0. The second-order valence-corrected chi connectivity index (χ2v) is 8.14. The molecule has 2 N–H and O–H groups in total. The molecule has 8 nitrogen and oxygen atoms in total. The highest BCUT2D eigenvalue weighted by molar-refractivity contribution is 6.06. The van der Waals surface area contributed by atoms with Gasteiger partial charge in [0.25, 0.3) is 5.91 Å². The quantitative estimate of drug-likeness (QED) is 0.626. The number of anilines is 1. The molecule has 0 spiro atoms. The highest BCUT2D eigenvalue weighted by Gasteiger charge is 2.39. The highest BCUT2D eigenvalue weighted by atomic mass is 19.1. The number of carbonyl (C=O) groups excluding carboxylic acids is 3. The van der Waals surface area contributed by atoms with E-state index < -0.39 is 54.6 Å². The van der Waals surface area contributed by atoms with E-state index in [1.54, 1.807) is 0 Å². The first-order valence-electron chi connectivity index (χ1n) is 14.0. The predicted octanol–water partition coefficient (Wildman–Crippen LogP) is 2.03. The van der Waals surface area contributed by atoms with Crippen molar-refractivity contribution in [1.29, 1.82) is 0 Å². The molecule has 0 saturated carbocycles. The van der Waals surface area contributed by atoms with E-state index in [9.17, 15) is 14.4 Å². The number of rotatable bonds is 6. The summed E-state index contributed by atoms with van der Waals surface area (Å²) in [5.41, 5.74) is -0.866. The maximum Gasteiger partial charge on any atom is 0.255 e. The van der Waals surface area contributed by atoms with Gasteiger partial charge in [-0.3, -0.25) is 24.6 Å². The minimum absolute atomic E-state index is 0.00821. The summed E-state index contributed by atoms with van der Waals surface area (Å²) in [6.07, 6.45) is -0.137. The average molecular weight is 473 g/mol. The molecule has 3 heterocycles. The smallest absolute Gasteiger partial charge is 0.255 e. The van der Waals surface area contributed by atoms with Crippen LogP contribution < -0.4 is 10.6 Å². The van der Waals surface area contributed by atoms with Gasteiger partial charge in [0.2, 0.25) is 11.8 Å². The zero-order valence-electron chi connectivity index (χ0n) is 24.2. The molecule has 3 aliphatic rings. The topological polar surface area (TPSA) is 91.0 Å². The van der Waals surface area contributed by atoms with Crippen LogP contribution in [0.3, 0.4) is 0 Å². The van der Waals surface area contributed by atoms with Crippen molar-refractivity contribution in [3.63, 3.8) is 0 Å². The molecule has 0 aliphatic carbocycles. The van der Waals surface area contributed by atoms with Crippen LogP contribution in [0.5, 0.6) is 0 Å². The number of carbonyl (C=O) groups is 3. The summed E-state index contributed by atoms with van der Waals surface area (Å²) < 4.78 is 72.2. The molecular weight excluding hydrogens is 439 g/mol. The molecule has 3 amide bonds. The van der Waals surface area contributed by atoms with Crippen LogP contribution in [0.4, 0.5) is 10.1 Å². The first kappa shape index (κ1) is 16.3. The Balaban J connectivity index is 1.44. The van der Waals surface area contributed by atoms with Gasteiger partial charge in [0.1, 0.15) is 11.9 Å². The molecule has 0 radical (unpaired) electrons. The van der Waals surface area contributed by atoms with Crippen molar-refractivity contribution in [2.24, 2.45) is 0 Å². The Morgan fingerprint density at radius 1 is 1.21 bits per heavy atom. The van der Waals surface area contributed by atoms with Crippen molar-refractivity contribution in [3.8, 4) is 0 Å². The number of benzene rings is 2. The van der Waals surface area contributed by atoms with E-state index in [-0.39, 0.29) is 35.2 Å². The summed E-state index contributed by atoms with van der Waals surface area (Å²) in [4.78, 5) is 39.6. The third-order valence-electron chi connectivity index (χ3n) is 5.87. The number of hydrogen-bond acceptors (Lipinski definition) is 6. The van der Waals surface area contributed by atoms with Gasteiger partial charge in [-0.2, -0.15) is 0 Å². The predicted molar refractivity (Wildman–Crippen MR) is 122 cm³/mol. The minimum atomic E-state index is -2.61. The van der Waals surface area contributed by atoms with E-state index in [4.69, 9.17) is 13.0 Å². The van der Waals surface area contributed by atoms with Gasteiger partial charge in [0.15, 0.2) is 0 Å². The second-order valence-electron chi connectivity index (χ2n) is 8.14. The SMILES string of the molecule is [2H]C([2H])(Nc1cccc2c1C([2H])([2H])N([C@H]1CCC(=O)NC1=O)C2=O)c1ccc(C([2H])([2H])N2CCOCC2)cc1F. The maximum atomic E-state index is 15.3. The van der Waals surface area contributed by atoms with Crippen LogP contribution in [0.25, 0.3) is 0 Å². The van der Waals surface area contributed by atoms with Gasteiger partial charge in [-0.05, 0) is 30.2 Å². The van der Waals surface area contributed by atoms with E-state index in [2.05, 4.69) is 10.6 Å². The van der Waals surface area contributed by atoms with E-state index in [1.807, 2.05) is 0 Å². The lowest BCUT2D eigenvalue weighted by molar-refractivity contribution is -0.136. The molecule has 2 fully saturated rings. The van der Waals surface area contributed by atoms with Gasteiger partial charge in [0.05, 0.1) is 18.7 Å². The number of halogens is 1. The van der Waals surface area contributed by atoms with Crippen molar-refractivity contribution < 1.29 is 31.7 Å². The molecule has 0 aromatic heterocycles. The van der Waals surface area contributed by atoms with Gasteiger partial charge < -0.3 is 15.0 Å². The Bertz CT molecular complexity index is 1390. The zero-order valence-corrected chi connectivity index (χ0v) is 18.2. The van der Waals surface area contributed by atoms with E-state index in [0.29, 0.717) is 26.3 Å². The zero-order chi connectivity index (χ0) is 29.0. The maximum absolute atomic E-state index is 15.3. The summed E-state index contributed by atoms with van der Waals surface area (Å²) >= 11 is 0. The monoisotopic (exact) mass is 472 g/mol. The van der Waals surface area contributed by atoms with Crippen molar-refractivity contribution in [2.45, 2.75) is 38.4 Å². The lowest BCUT2D eigenvalue weighted by Crippen LogP contribution is -2.52. The number of piperidine rings is 1. The Morgan fingerprint density at radius 2 is 2.03 bits per heavy atom. The molecular formula is C25H27FN4O4. The van der Waals surface area contributed by atoms with Gasteiger partial charge in [0, 0.05) is 64.1 Å². The molecule has 0 unspecified atom stereocenters. The number of ether oxygens (including phenoxy) is 1. The van der Waals surface area contributed by atoms with Crippen molar-refractivity contribution >= 4 is 23.4 Å². The van der Waals surface area contributed by atoms with Gasteiger partial charge in [-0.25, -0.2) is 4.39 Å². The Hall–Kier alpha value is -3.30. The third kappa shape index (κ3) is 4.53. The standard InChI is InChI=1S/C25H27FN4O4/c26-20-12-16(14-29-8-10-34-11-9-29)4-5-17(20)13-27-21-3-1-2-18-19(21)15-30(25(18)33)22-6-7-23(31)28-24(22)32/h1-5,12,22,27H,6-11,13-15H2,(H,28,31,32)/t22-/m0/s1/i13D2,14D2,15D2. The minimum Gasteiger partial charge on any atom is -0.381 e. The number of nitrogens with one attached hydrogen (secondary N) is 2. The van der Waals surface area contributed by atoms with Crippen LogP contribution in [-0.2, 0) is 33.8 Å². The fourth-order valence-corrected chi connectivity index (χ4v) is 4.08. The second kappa shape index (κ2) is 9.52. The number of amides is 3. The average Bonchev–Trinajstić information content (AvgIpc) is 3.10. The van der Waals surface area contributed by atoms with E-state index >= 15 is 4.39 Å². The number of fused-ring (bicyclic) bond motifs is 1. The van der Waals surface area contributed by atoms with Crippen LogP contribution in [0.15, 0.2) is 36.4 Å². The van der Waals surface area contributed by atoms with Gasteiger partial charge in [-0.1, -0.05) is 18.2 Å². The van der Waals surface area contributed by atoms with Crippen molar-refractivity contribution in [1.82, 2.24) is 15.1 Å². The van der Waals surface area contributed by atoms with Crippen LogP contribution in [0.1, 0.15) is 48.1 Å². The van der Waals surface area contributed by atoms with Crippen molar-refractivity contribution in [3.05, 3.63) is 64.5 Å². The van der Waals surface area contributed by atoms with Crippen LogP contribution in [0, 0.1) is 5.82 Å². The number of nitrogens with zero attached hydrogens (tertiary/aromatic N) is 2. The Labute approximate surface area is 205 Å². The molecule has 2 aromatic rings. The van der Waals surface area contributed by atoms with E-state index in [1.165, 1.54) is 29.2 Å². The lowest BCUT2D eigenvalue weighted by Gasteiger charge is -2.29. The third-order valence-corrected chi connectivity index (χ3v) is 5.87. The van der Waals surface area contributed by atoms with Crippen LogP contribution in [0.2, 0.25) is 0 Å². The summed E-state index contributed by atoms with van der Waals surface area (Å²) in [6, 6.07) is 6.24. The van der Waals surface area contributed by atoms with Gasteiger partial charge >= 0.3 is 0 Å². The molecule has 5 rings (SSSR count). The molecule has 178 valence electrons. The fourth-order valence-electron chi connectivity index (χ4n) is 4.08. The normalized spacial score (nSPS) is 25.9. The Morgan fingerprint density at radius 3 is 2.79 bits per heavy atom. The number of morpholine rings is 1. The first-order valence-corrected chi connectivity index (χ1v) is 11.0. The lowest BCUT2D eigenvalue weighted by atomic mass is 10.0. The van der Waals surface area contributed by atoms with Gasteiger partial charge in [-0.15, -0.1) is 0 Å². The summed E-state index contributed by atoms with van der Waals surface area (Å²) in [5, 5.41) is 4.63. The molecule has 3 aliphatic heterocycles. The largest absolute Gasteiger partial charge is 0.381 e. The molecule has 34 heavy (non-hydrogen) atoms. The summed E-state index contributed by atoms with van der Waals surface area (Å²) in [5.74, 6) is -3.12. The molecule has 2 saturated heterocycles. The Kier molecular flexibility index (Phi) is 4.58. The molecule has 0 bridgehead atoms. The number of hydrogen-bond donors (Lipinski definition) is 2. The van der Waals surface area contributed by atoms with E-state index in [0.717, 1.165) is 17.0 Å². The molecule has 2 aromatic carbocycles. The first-order chi connectivity index (χ1) is 18.7. The molecule has 9 heteroatoms. The van der Waals surface area contributed by atoms with Crippen LogP contribution >= 0.6 is 0 Å². The molecule has 1 atom stereocenters. The van der Waals surface area contributed by atoms with Crippen molar-refractivity contribution in [2.75, 3.05) is 31.6 Å². The summed E-state index contributed by atoms with van der Waals surface area (Å²) in [6.45, 7) is -5.87. The highest BCUT2D eigenvalue weighted by Crippen LogP contribution is 2.32. The fraction of sp³-hybridized carbons (Fsp3) is 0.400. The van der Waals surface area contributed by atoms with Crippen LogP contribution in [-0.4, -0.2) is 59.9 Å². The number of imide groups is 1.